The van der Waals surface area contributed by atoms with Gasteiger partial charge < -0.3 is 14.9 Å². The number of aliphatic carboxylic acids is 2. The van der Waals surface area contributed by atoms with Crippen LogP contribution in [0, 0.1) is 0 Å². The van der Waals surface area contributed by atoms with E-state index in [0.717, 1.165) is 51.7 Å². The maximum atomic E-state index is 10.1. The fraction of sp³-hybridized carbons (Fsp3) is 0.857. The van der Waals surface area contributed by atoms with Gasteiger partial charge in [0.15, 0.2) is 0 Å². The van der Waals surface area contributed by atoms with Crippen molar-refractivity contribution in [3.05, 3.63) is 0 Å². The Balaban J connectivity index is 0.000000532. The summed E-state index contributed by atoms with van der Waals surface area (Å²) in [5.74, 6) is -1.48. The van der Waals surface area contributed by atoms with E-state index in [0.29, 0.717) is 0 Å². The largest absolute Gasteiger partial charge is 0.481 e. The van der Waals surface area contributed by atoms with Gasteiger partial charge in [-0.1, -0.05) is 25.7 Å². The molecule has 1 aliphatic rings. The molecule has 0 aromatic rings. The standard InChI is InChI=1S/C10H18O4.C4H8O/c11-9(12)7-5-3-1-2-4-6-8-10(13)14;1-2-4-5-3-1/h1-8H2,(H,11,12)(H,13,14);1-4H2. The van der Waals surface area contributed by atoms with E-state index in [2.05, 4.69) is 0 Å². The highest BCUT2D eigenvalue weighted by Gasteiger charge is 1.98. The number of carbonyl (C=O) groups is 2. The van der Waals surface area contributed by atoms with Crippen molar-refractivity contribution in [3.63, 3.8) is 0 Å². The summed E-state index contributed by atoms with van der Waals surface area (Å²) in [5.41, 5.74) is 0. The molecule has 0 aliphatic carbocycles. The number of rotatable bonds is 9. The summed E-state index contributed by atoms with van der Waals surface area (Å²) in [6.07, 6.45) is 8.38. The number of ether oxygens (including phenoxy) is 1. The van der Waals surface area contributed by atoms with E-state index in [1.807, 2.05) is 0 Å². The summed E-state index contributed by atoms with van der Waals surface area (Å²) < 4.78 is 4.94. The maximum absolute atomic E-state index is 10.1. The third-order valence-electron chi connectivity index (χ3n) is 2.86. The number of hydrogen-bond acceptors (Lipinski definition) is 3. The monoisotopic (exact) mass is 274 g/mol. The van der Waals surface area contributed by atoms with Crippen LogP contribution in [-0.2, 0) is 14.3 Å². The van der Waals surface area contributed by atoms with Gasteiger partial charge in [0.2, 0.25) is 0 Å². The molecular weight excluding hydrogens is 248 g/mol. The number of unbranched alkanes of at least 4 members (excludes halogenated alkanes) is 5. The van der Waals surface area contributed by atoms with Crippen LogP contribution < -0.4 is 0 Å². The van der Waals surface area contributed by atoms with Crippen LogP contribution in [0.4, 0.5) is 0 Å². The Morgan fingerprint density at radius 2 is 1.11 bits per heavy atom. The first kappa shape index (κ1) is 17.9. The van der Waals surface area contributed by atoms with E-state index < -0.39 is 11.9 Å². The van der Waals surface area contributed by atoms with Crippen molar-refractivity contribution in [2.45, 2.75) is 64.2 Å². The number of carboxylic acid groups (broad SMARTS) is 2. The molecule has 0 radical (unpaired) electrons. The molecule has 0 spiro atoms. The zero-order valence-electron chi connectivity index (χ0n) is 11.6. The van der Waals surface area contributed by atoms with Gasteiger partial charge >= 0.3 is 11.9 Å². The van der Waals surface area contributed by atoms with E-state index in [9.17, 15) is 9.59 Å². The van der Waals surface area contributed by atoms with Crippen LogP contribution in [0.1, 0.15) is 64.2 Å². The van der Waals surface area contributed by atoms with Crippen LogP contribution >= 0.6 is 0 Å². The van der Waals surface area contributed by atoms with Gasteiger partial charge in [0.25, 0.3) is 0 Å². The lowest BCUT2D eigenvalue weighted by Gasteiger charge is -1.98. The molecule has 0 bridgehead atoms. The summed E-state index contributed by atoms with van der Waals surface area (Å²) in [6, 6.07) is 0. The topological polar surface area (TPSA) is 83.8 Å². The molecule has 1 heterocycles. The van der Waals surface area contributed by atoms with E-state index in [4.69, 9.17) is 14.9 Å². The fourth-order valence-corrected chi connectivity index (χ4v) is 1.77. The lowest BCUT2D eigenvalue weighted by atomic mass is 10.1. The molecule has 5 nitrogen and oxygen atoms in total. The van der Waals surface area contributed by atoms with Crippen LogP contribution in [0.25, 0.3) is 0 Å². The molecule has 0 saturated carbocycles. The predicted molar refractivity (Wildman–Crippen MR) is 72.3 cm³/mol. The van der Waals surface area contributed by atoms with Gasteiger partial charge in [0, 0.05) is 26.1 Å². The lowest BCUT2D eigenvalue weighted by Crippen LogP contribution is -1.94. The molecule has 5 heteroatoms. The molecular formula is C14H26O5. The Labute approximate surface area is 115 Å². The molecule has 0 aromatic heterocycles. The third-order valence-corrected chi connectivity index (χ3v) is 2.86. The Morgan fingerprint density at radius 1 is 0.737 bits per heavy atom. The first-order valence-electron chi connectivity index (χ1n) is 7.14. The second-order valence-electron chi connectivity index (χ2n) is 4.73. The molecule has 1 fully saturated rings. The molecule has 0 atom stereocenters. The Bertz CT molecular complexity index is 208. The van der Waals surface area contributed by atoms with Gasteiger partial charge in [-0.25, -0.2) is 0 Å². The van der Waals surface area contributed by atoms with Gasteiger partial charge in [0.05, 0.1) is 0 Å². The molecule has 1 saturated heterocycles. The summed E-state index contributed by atoms with van der Waals surface area (Å²) in [4.78, 5) is 20.3. The van der Waals surface area contributed by atoms with Crippen molar-refractivity contribution >= 4 is 11.9 Å². The minimum atomic E-state index is -0.740. The highest BCUT2D eigenvalue weighted by molar-refractivity contribution is 5.66. The van der Waals surface area contributed by atoms with Gasteiger partial charge in [-0.05, 0) is 25.7 Å². The normalized spacial score (nSPS) is 13.7. The second-order valence-corrected chi connectivity index (χ2v) is 4.73. The van der Waals surface area contributed by atoms with Gasteiger partial charge in [0.1, 0.15) is 0 Å². The summed E-state index contributed by atoms with van der Waals surface area (Å²) >= 11 is 0. The Hall–Kier alpha value is -1.10. The quantitative estimate of drug-likeness (QED) is 0.631. The van der Waals surface area contributed by atoms with Crippen LogP contribution in [0.2, 0.25) is 0 Å². The zero-order valence-corrected chi connectivity index (χ0v) is 11.6. The molecule has 112 valence electrons. The van der Waals surface area contributed by atoms with Crippen LogP contribution in [0.15, 0.2) is 0 Å². The van der Waals surface area contributed by atoms with Gasteiger partial charge in [-0.15, -0.1) is 0 Å². The van der Waals surface area contributed by atoms with Crippen molar-refractivity contribution in [3.8, 4) is 0 Å². The minimum Gasteiger partial charge on any atom is -0.481 e. The van der Waals surface area contributed by atoms with E-state index in [1.54, 1.807) is 0 Å². The molecule has 1 rings (SSSR count). The van der Waals surface area contributed by atoms with Crippen molar-refractivity contribution in [1.82, 2.24) is 0 Å². The predicted octanol–water partition coefficient (Wildman–Crippen LogP) is 3.07. The maximum Gasteiger partial charge on any atom is 0.303 e. The average molecular weight is 274 g/mol. The van der Waals surface area contributed by atoms with Crippen LogP contribution in [-0.4, -0.2) is 35.4 Å². The second kappa shape index (κ2) is 13.3. The first-order chi connectivity index (χ1) is 9.13. The Kier molecular flexibility index (Phi) is 12.6. The number of carboxylic acids is 2. The van der Waals surface area contributed by atoms with Crippen molar-refractivity contribution in [2.24, 2.45) is 0 Å². The van der Waals surface area contributed by atoms with E-state index >= 15 is 0 Å². The Morgan fingerprint density at radius 3 is 1.37 bits per heavy atom. The minimum absolute atomic E-state index is 0.245. The zero-order chi connectivity index (χ0) is 14.3. The smallest absolute Gasteiger partial charge is 0.303 e. The molecule has 0 aromatic carbocycles. The van der Waals surface area contributed by atoms with Crippen molar-refractivity contribution in [2.75, 3.05) is 13.2 Å². The van der Waals surface area contributed by atoms with Crippen molar-refractivity contribution in [1.29, 1.82) is 0 Å². The summed E-state index contributed by atoms with van der Waals surface area (Å²) in [6.45, 7) is 2.00. The van der Waals surface area contributed by atoms with Gasteiger partial charge in [-0.3, -0.25) is 9.59 Å². The van der Waals surface area contributed by atoms with Gasteiger partial charge in [-0.2, -0.15) is 0 Å². The molecule has 19 heavy (non-hydrogen) atoms. The summed E-state index contributed by atoms with van der Waals surface area (Å²) in [7, 11) is 0. The first-order valence-corrected chi connectivity index (χ1v) is 7.14. The van der Waals surface area contributed by atoms with E-state index in [-0.39, 0.29) is 12.8 Å². The highest BCUT2D eigenvalue weighted by Crippen LogP contribution is 2.08. The SMILES string of the molecule is C1CCOC1.O=C(O)CCCCCCCCC(=O)O. The molecule has 0 amide bonds. The average Bonchev–Trinajstić information content (AvgIpc) is 2.90. The van der Waals surface area contributed by atoms with Crippen LogP contribution in [0.3, 0.4) is 0 Å². The molecule has 2 N–H and O–H groups in total. The van der Waals surface area contributed by atoms with E-state index in [1.165, 1.54) is 12.8 Å². The fourth-order valence-electron chi connectivity index (χ4n) is 1.77. The number of hydrogen-bond donors (Lipinski definition) is 2. The summed E-state index contributed by atoms with van der Waals surface area (Å²) in [5, 5.41) is 16.7. The van der Waals surface area contributed by atoms with Crippen molar-refractivity contribution < 1.29 is 24.5 Å². The lowest BCUT2D eigenvalue weighted by molar-refractivity contribution is -0.138. The third kappa shape index (κ3) is 16.9. The molecule has 0 unspecified atom stereocenters. The highest BCUT2D eigenvalue weighted by atomic mass is 16.5. The molecule has 1 aliphatic heterocycles. The van der Waals surface area contributed by atoms with Crippen LogP contribution in [0.5, 0.6) is 0 Å².